The number of hydrogen-bond donors (Lipinski definition) is 2. The van der Waals surface area contributed by atoms with Crippen LogP contribution in [0.4, 0.5) is 4.39 Å². The molecule has 3 amide bonds. The molecule has 4 heterocycles. The molecule has 3 aromatic rings. The van der Waals surface area contributed by atoms with Crippen molar-refractivity contribution in [3.63, 3.8) is 0 Å². The van der Waals surface area contributed by atoms with E-state index in [1.54, 1.807) is 24.5 Å². The van der Waals surface area contributed by atoms with Crippen LogP contribution in [0.15, 0.2) is 35.1 Å². The molecule has 0 saturated heterocycles. The molecule has 0 bridgehead atoms. The van der Waals surface area contributed by atoms with Gasteiger partial charge in [0.1, 0.15) is 24.8 Å². The van der Waals surface area contributed by atoms with E-state index in [0.717, 1.165) is 28.5 Å². The Morgan fingerprint density at radius 2 is 1.77 bits per heavy atom. The maximum atomic E-state index is 15.2. The third-order valence-electron chi connectivity index (χ3n) is 11.1. The predicted octanol–water partition coefficient (Wildman–Crippen LogP) is 4.09. The first-order valence-electron chi connectivity index (χ1n) is 18.3. The van der Waals surface area contributed by atoms with E-state index in [2.05, 4.69) is 5.32 Å². The first-order valence-corrected chi connectivity index (χ1v) is 18.3. The number of ketones is 1. The summed E-state index contributed by atoms with van der Waals surface area (Å²) < 4.78 is 27.7. The zero-order chi connectivity index (χ0) is 37.6. The number of fused-ring (bicyclic) bond motifs is 5. The van der Waals surface area contributed by atoms with Gasteiger partial charge in [0.05, 0.1) is 23.8 Å². The molecule has 0 spiro atoms. The molecule has 7 rings (SSSR count). The van der Waals surface area contributed by atoms with E-state index < -0.39 is 17.6 Å². The molecule has 4 aliphatic rings. The number of benzene rings is 2. The number of imide groups is 1. The minimum Gasteiger partial charge on any atom is -0.458 e. The fourth-order valence-corrected chi connectivity index (χ4v) is 8.22. The lowest BCUT2D eigenvalue weighted by molar-refractivity contribution is -0.172. The molecule has 0 unspecified atom stereocenters. The maximum absolute atomic E-state index is 15.2. The molecular weight excluding hydrogens is 685 g/mol. The van der Waals surface area contributed by atoms with Crippen LogP contribution < -0.4 is 10.9 Å². The Kier molecular flexibility index (Phi) is 9.90. The number of pyridine rings is 1. The van der Waals surface area contributed by atoms with Gasteiger partial charge in [0.15, 0.2) is 5.60 Å². The summed E-state index contributed by atoms with van der Waals surface area (Å²) in [5.74, 6) is -2.01. The highest BCUT2D eigenvalue weighted by atomic mass is 19.1. The second kappa shape index (κ2) is 14.4. The minimum absolute atomic E-state index is 0.0188. The Hall–Kier alpha value is -5.01. The van der Waals surface area contributed by atoms with Crippen molar-refractivity contribution in [3.8, 4) is 11.3 Å². The van der Waals surface area contributed by atoms with Crippen molar-refractivity contribution < 1.29 is 42.9 Å². The zero-order valence-electron chi connectivity index (χ0n) is 29.8. The van der Waals surface area contributed by atoms with Crippen LogP contribution in [0, 0.1) is 12.7 Å². The van der Waals surface area contributed by atoms with Crippen LogP contribution in [0.2, 0.25) is 0 Å². The van der Waals surface area contributed by atoms with Crippen molar-refractivity contribution in [1.82, 2.24) is 14.8 Å². The summed E-state index contributed by atoms with van der Waals surface area (Å²) in [6, 6.07) is 4.55. The predicted molar refractivity (Wildman–Crippen MR) is 190 cm³/mol. The molecule has 2 atom stereocenters. The monoisotopic (exact) mass is 727 g/mol. The van der Waals surface area contributed by atoms with Crippen LogP contribution in [0.25, 0.3) is 22.0 Å². The average molecular weight is 728 g/mol. The van der Waals surface area contributed by atoms with E-state index in [1.807, 2.05) is 6.07 Å². The topological polar surface area (TPSA) is 161 Å². The van der Waals surface area contributed by atoms with Gasteiger partial charge in [0, 0.05) is 49.3 Å². The number of cyclic esters (lactones) is 1. The van der Waals surface area contributed by atoms with Crippen LogP contribution in [-0.2, 0) is 58.6 Å². The first kappa shape index (κ1) is 36.4. The quantitative estimate of drug-likeness (QED) is 0.111. The third kappa shape index (κ3) is 6.50. The minimum atomic E-state index is -1.96. The summed E-state index contributed by atoms with van der Waals surface area (Å²) in [5, 5.41) is 15.9. The number of halogens is 1. The van der Waals surface area contributed by atoms with Gasteiger partial charge in [0.2, 0.25) is 5.91 Å². The molecular formula is C40H42FN3O9. The molecule has 0 fully saturated rings. The van der Waals surface area contributed by atoms with Gasteiger partial charge < -0.3 is 24.5 Å². The number of aliphatic hydroxyl groups is 1. The standard InChI is InChI=1S/C40H42FN3O9/c1-3-40(51)29-18-32-26-16-23-17-30(41)22(2)25-10-11-31(37(36(23)25)27(26)19-44(32)38(49)28(29)20-53-39(40)50)42-33(46)21-52-15-7-9-24(45)8-5-4-6-14-43-34(47)12-13-35(43)48/h12-13,16-18,31,51H,3-11,14-15,19-21H2,1-2H3,(H,42,46)/t31-,40-/m0/s1. The van der Waals surface area contributed by atoms with Gasteiger partial charge >= 0.3 is 5.97 Å². The Balaban J connectivity index is 1.01. The van der Waals surface area contributed by atoms with E-state index in [1.165, 1.54) is 23.1 Å². The lowest BCUT2D eigenvalue weighted by Gasteiger charge is -2.31. The molecule has 2 aromatic carbocycles. The normalized spacial score (nSPS) is 19.7. The van der Waals surface area contributed by atoms with Gasteiger partial charge in [-0.25, -0.2) is 9.18 Å². The van der Waals surface area contributed by atoms with Gasteiger partial charge in [-0.2, -0.15) is 0 Å². The van der Waals surface area contributed by atoms with Crippen LogP contribution >= 0.6 is 0 Å². The van der Waals surface area contributed by atoms with E-state index in [4.69, 9.17) is 9.47 Å². The fraction of sp³-hybridized carbons (Fsp3) is 0.450. The number of hydrogen-bond acceptors (Lipinski definition) is 9. The number of nitrogens with one attached hydrogen (secondary N) is 1. The Bertz CT molecular complexity index is 2150. The number of amides is 3. The van der Waals surface area contributed by atoms with Gasteiger partial charge in [-0.05, 0) is 96.7 Å². The number of Topliss-reactive ketones (excluding diaryl/α,β-unsaturated/α-hetero) is 1. The van der Waals surface area contributed by atoms with Crippen LogP contribution in [0.5, 0.6) is 0 Å². The Morgan fingerprint density at radius 1 is 1.02 bits per heavy atom. The molecule has 12 nitrogen and oxygen atoms in total. The van der Waals surface area contributed by atoms with Gasteiger partial charge in [-0.3, -0.25) is 28.9 Å². The van der Waals surface area contributed by atoms with E-state index in [-0.39, 0.29) is 78.8 Å². The zero-order valence-corrected chi connectivity index (χ0v) is 29.8. The number of unbranched alkanes of at least 4 members (excludes halogenated alkanes) is 2. The number of ether oxygens (including phenoxy) is 2. The summed E-state index contributed by atoms with van der Waals surface area (Å²) in [5.41, 5.74) is 2.32. The number of nitrogens with zero attached hydrogens (tertiary/aromatic N) is 2. The van der Waals surface area contributed by atoms with Crippen molar-refractivity contribution >= 4 is 40.2 Å². The molecule has 3 aliphatic heterocycles. The molecule has 2 N–H and O–H groups in total. The van der Waals surface area contributed by atoms with Crippen LogP contribution in [0.3, 0.4) is 0 Å². The number of carbonyl (C=O) groups excluding carboxylic acids is 5. The van der Waals surface area contributed by atoms with Crippen molar-refractivity contribution in [2.24, 2.45) is 0 Å². The average Bonchev–Trinajstić information content (AvgIpc) is 3.67. The summed E-state index contributed by atoms with van der Waals surface area (Å²) >= 11 is 0. The fourth-order valence-electron chi connectivity index (χ4n) is 8.22. The van der Waals surface area contributed by atoms with Gasteiger partial charge in [-0.1, -0.05) is 13.3 Å². The van der Waals surface area contributed by atoms with Crippen LogP contribution in [0.1, 0.15) is 97.7 Å². The molecule has 53 heavy (non-hydrogen) atoms. The van der Waals surface area contributed by atoms with Crippen LogP contribution in [-0.4, -0.2) is 63.8 Å². The molecule has 278 valence electrons. The van der Waals surface area contributed by atoms with E-state index in [0.29, 0.717) is 73.7 Å². The highest BCUT2D eigenvalue weighted by Gasteiger charge is 2.45. The second-order valence-electron chi connectivity index (χ2n) is 14.3. The number of rotatable bonds is 14. The van der Waals surface area contributed by atoms with Gasteiger partial charge in [-0.15, -0.1) is 0 Å². The highest BCUT2D eigenvalue weighted by molar-refractivity contribution is 6.12. The molecule has 0 radical (unpaired) electrons. The van der Waals surface area contributed by atoms with E-state index >= 15 is 4.39 Å². The largest absolute Gasteiger partial charge is 0.458 e. The van der Waals surface area contributed by atoms with Crippen molar-refractivity contribution in [2.75, 3.05) is 19.8 Å². The molecule has 0 saturated carbocycles. The number of esters is 1. The molecule has 13 heteroatoms. The number of aromatic nitrogens is 1. The second-order valence-corrected chi connectivity index (χ2v) is 14.3. The Morgan fingerprint density at radius 3 is 2.53 bits per heavy atom. The number of carbonyl (C=O) groups is 5. The van der Waals surface area contributed by atoms with Crippen molar-refractivity contribution in [1.29, 1.82) is 0 Å². The lowest BCUT2D eigenvalue weighted by atomic mass is 9.79. The molecule has 1 aliphatic carbocycles. The van der Waals surface area contributed by atoms with Crippen molar-refractivity contribution in [2.45, 2.75) is 96.4 Å². The highest BCUT2D eigenvalue weighted by Crippen LogP contribution is 2.47. The van der Waals surface area contributed by atoms with E-state index in [9.17, 15) is 33.9 Å². The van der Waals surface area contributed by atoms with Crippen molar-refractivity contribution in [3.05, 3.63) is 79.9 Å². The maximum Gasteiger partial charge on any atom is 0.343 e. The Labute approximate surface area is 304 Å². The summed E-state index contributed by atoms with van der Waals surface area (Å²) in [4.78, 5) is 76.5. The number of aryl methyl sites for hydroxylation is 1. The first-order chi connectivity index (χ1) is 25.4. The third-order valence-corrected chi connectivity index (χ3v) is 11.1. The summed E-state index contributed by atoms with van der Waals surface area (Å²) in [6.45, 7) is 3.70. The smallest absolute Gasteiger partial charge is 0.343 e. The summed E-state index contributed by atoms with van der Waals surface area (Å²) in [7, 11) is 0. The lowest BCUT2D eigenvalue weighted by Crippen LogP contribution is -2.44. The summed E-state index contributed by atoms with van der Waals surface area (Å²) in [6.07, 6.45) is 6.77. The molecule has 1 aromatic heterocycles. The van der Waals surface area contributed by atoms with Gasteiger partial charge in [0.25, 0.3) is 17.4 Å². The SMILES string of the molecule is CC[C@@]1(O)C(=O)OCc2c1cc1n(c2=O)Cc2c-1cc1cc(F)c(C)c3c1c2[C@@H](NC(=O)COCCCC(=O)CCCCCN1C(=O)C=CC1=O)CC3.